The maximum absolute atomic E-state index is 13.5. The van der Waals surface area contributed by atoms with Gasteiger partial charge in [0.25, 0.3) is 5.56 Å². The van der Waals surface area contributed by atoms with Crippen LogP contribution in [-0.4, -0.2) is 40.5 Å². The Morgan fingerprint density at radius 2 is 1.70 bits per heavy atom. The van der Waals surface area contributed by atoms with E-state index in [4.69, 9.17) is 4.74 Å². The van der Waals surface area contributed by atoms with E-state index in [1.54, 1.807) is 20.8 Å². The molecule has 0 unspecified atom stereocenters. The van der Waals surface area contributed by atoms with Crippen molar-refractivity contribution in [3.63, 3.8) is 0 Å². The van der Waals surface area contributed by atoms with Crippen LogP contribution in [0.5, 0.6) is 5.75 Å². The minimum absolute atomic E-state index is 0.00193. The number of imidazole rings is 1. The molecule has 0 saturated heterocycles. The van der Waals surface area contributed by atoms with Crippen LogP contribution in [0.15, 0.2) is 27.9 Å². The van der Waals surface area contributed by atoms with Crippen LogP contribution in [0.3, 0.4) is 0 Å². The molecule has 0 aliphatic carbocycles. The summed E-state index contributed by atoms with van der Waals surface area (Å²) in [6.07, 6.45) is 0.583. The van der Waals surface area contributed by atoms with Crippen molar-refractivity contribution >= 4 is 17.3 Å². The molecule has 0 amide bonds. The van der Waals surface area contributed by atoms with E-state index in [9.17, 15) is 19.5 Å². The zero-order valence-corrected chi connectivity index (χ0v) is 20.1. The SMILES string of the molecule is CC(C)Cn1c(=O)c2c(nc(-c3ncccc3O)n2C(=O)OC(C)(C)C)n(CC(C)C)c1=O. The number of fused-ring (bicyclic) bond motifs is 1. The first-order chi connectivity index (χ1) is 15.3. The van der Waals surface area contributed by atoms with E-state index in [0.29, 0.717) is 0 Å². The summed E-state index contributed by atoms with van der Waals surface area (Å²) in [6.45, 7) is 13.2. The van der Waals surface area contributed by atoms with Crippen LogP contribution in [0.1, 0.15) is 48.5 Å². The van der Waals surface area contributed by atoms with Gasteiger partial charge in [-0.15, -0.1) is 0 Å². The van der Waals surface area contributed by atoms with Crippen molar-refractivity contribution < 1.29 is 14.6 Å². The summed E-state index contributed by atoms with van der Waals surface area (Å²) in [5, 5.41) is 10.4. The van der Waals surface area contributed by atoms with Crippen molar-refractivity contribution in [1.82, 2.24) is 23.7 Å². The van der Waals surface area contributed by atoms with Crippen LogP contribution in [0.4, 0.5) is 4.79 Å². The van der Waals surface area contributed by atoms with E-state index in [1.807, 2.05) is 27.7 Å². The van der Waals surface area contributed by atoms with Gasteiger partial charge in [-0.2, -0.15) is 0 Å². The lowest BCUT2D eigenvalue weighted by atomic mass is 10.2. The van der Waals surface area contributed by atoms with E-state index in [2.05, 4.69) is 9.97 Å². The van der Waals surface area contributed by atoms with Crippen LogP contribution >= 0.6 is 0 Å². The summed E-state index contributed by atoms with van der Waals surface area (Å²) in [7, 11) is 0. The zero-order chi connectivity index (χ0) is 24.7. The Morgan fingerprint density at radius 1 is 1.09 bits per heavy atom. The third kappa shape index (κ3) is 4.84. The number of pyridine rings is 1. The van der Waals surface area contributed by atoms with Gasteiger partial charge in [-0.1, -0.05) is 27.7 Å². The first-order valence-corrected chi connectivity index (χ1v) is 11.0. The average Bonchev–Trinajstić information content (AvgIpc) is 3.08. The van der Waals surface area contributed by atoms with Crippen LogP contribution < -0.4 is 11.2 Å². The summed E-state index contributed by atoms with van der Waals surface area (Å²) < 4.78 is 9.09. The molecule has 0 spiro atoms. The predicted molar refractivity (Wildman–Crippen MR) is 124 cm³/mol. The van der Waals surface area contributed by atoms with Crippen molar-refractivity contribution in [2.75, 3.05) is 0 Å². The summed E-state index contributed by atoms with van der Waals surface area (Å²) >= 11 is 0. The molecule has 3 aromatic rings. The molecule has 0 aliphatic heterocycles. The van der Waals surface area contributed by atoms with Crippen LogP contribution in [-0.2, 0) is 17.8 Å². The standard InChI is InChI=1S/C23H31N5O5/c1-13(2)11-26-19-17(20(30)27(21(26)31)12-14(3)4)28(22(32)33-23(5,6)7)18(25-19)16-15(29)9-8-10-24-16/h8-10,13-14,29H,11-12H2,1-7H3. The van der Waals surface area contributed by atoms with Crippen molar-refractivity contribution in [1.29, 1.82) is 0 Å². The molecule has 0 saturated carbocycles. The summed E-state index contributed by atoms with van der Waals surface area (Å²) in [5.41, 5.74) is -2.06. The molecule has 10 nitrogen and oxygen atoms in total. The number of ether oxygens (including phenoxy) is 1. The Balaban J connectivity index is 2.51. The number of hydrogen-bond acceptors (Lipinski definition) is 7. The Morgan fingerprint density at radius 3 is 2.24 bits per heavy atom. The highest BCUT2D eigenvalue weighted by Crippen LogP contribution is 2.29. The fraction of sp³-hybridized carbons (Fsp3) is 0.522. The zero-order valence-electron chi connectivity index (χ0n) is 20.1. The first-order valence-electron chi connectivity index (χ1n) is 11.0. The molecule has 0 aliphatic rings. The van der Waals surface area contributed by atoms with Gasteiger partial charge >= 0.3 is 11.8 Å². The molecule has 0 radical (unpaired) electrons. The highest BCUT2D eigenvalue weighted by atomic mass is 16.6. The Hall–Kier alpha value is -3.43. The molecule has 1 N–H and O–H groups in total. The number of aromatic hydroxyl groups is 1. The molecule has 3 heterocycles. The van der Waals surface area contributed by atoms with Gasteiger partial charge in [-0.25, -0.2) is 24.1 Å². The molecule has 3 aromatic heterocycles. The fourth-order valence-electron chi connectivity index (χ4n) is 3.51. The number of rotatable bonds is 5. The number of carbonyl (C=O) groups excluding carboxylic acids is 1. The maximum atomic E-state index is 13.5. The molecule has 178 valence electrons. The maximum Gasteiger partial charge on any atom is 0.421 e. The number of nitrogens with zero attached hydrogens (tertiary/aromatic N) is 5. The first kappa shape index (κ1) is 24.2. The third-order valence-corrected chi connectivity index (χ3v) is 4.69. The normalized spacial score (nSPS) is 12.2. The van der Waals surface area contributed by atoms with Crippen molar-refractivity contribution in [2.45, 2.75) is 67.2 Å². The molecule has 33 heavy (non-hydrogen) atoms. The summed E-state index contributed by atoms with van der Waals surface area (Å²) in [6, 6.07) is 2.93. The van der Waals surface area contributed by atoms with Gasteiger partial charge in [-0.05, 0) is 44.7 Å². The second-order valence-corrected chi connectivity index (χ2v) is 9.89. The molecular weight excluding hydrogens is 426 g/mol. The van der Waals surface area contributed by atoms with E-state index in [1.165, 1.54) is 22.9 Å². The number of aromatic nitrogens is 5. The molecular formula is C23H31N5O5. The Bertz CT molecular complexity index is 1310. The fourth-order valence-corrected chi connectivity index (χ4v) is 3.51. The number of carbonyl (C=O) groups is 1. The van der Waals surface area contributed by atoms with Crippen molar-refractivity contribution in [2.24, 2.45) is 11.8 Å². The van der Waals surface area contributed by atoms with Gasteiger partial charge in [0.1, 0.15) is 17.0 Å². The Kier molecular flexibility index (Phi) is 6.49. The minimum atomic E-state index is -0.861. The topological polar surface area (TPSA) is 121 Å². The quantitative estimate of drug-likeness (QED) is 0.624. The monoisotopic (exact) mass is 457 g/mol. The second kappa shape index (κ2) is 8.84. The van der Waals surface area contributed by atoms with Gasteiger partial charge in [0.05, 0.1) is 0 Å². The Labute approximate surface area is 191 Å². The van der Waals surface area contributed by atoms with Gasteiger partial charge < -0.3 is 9.84 Å². The van der Waals surface area contributed by atoms with E-state index in [0.717, 1.165) is 9.13 Å². The molecule has 10 heteroatoms. The van der Waals surface area contributed by atoms with Crippen molar-refractivity contribution in [3.05, 3.63) is 39.2 Å². The van der Waals surface area contributed by atoms with Crippen molar-refractivity contribution in [3.8, 4) is 17.3 Å². The predicted octanol–water partition coefficient (Wildman–Crippen LogP) is 3.22. The van der Waals surface area contributed by atoms with Crippen LogP contribution in [0, 0.1) is 11.8 Å². The molecule has 0 fully saturated rings. The van der Waals surface area contributed by atoms with Gasteiger partial charge in [0.15, 0.2) is 17.0 Å². The third-order valence-electron chi connectivity index (χ3n) is 4.69. The molecule has 0 aromatic carbocycles. The summed E-state index contributed by atoms with van der Waals surface area (Å²) in [5.74, 6) is -0.224. The van der Waals surface area contributed by atoms with E-state index in [-0.39, 0.29) is 53.4 Å². The largest absolute Gasteiger partial charge is 0.506 e. The van der Waals surface area contributed by atoms with Gasteiger partial charge in [0.2, 0.25) is 0 Å². The smallest absolute Gasteiger partial charge is 0.421 e. The van der Waals surface area contributed by atoms with E-state index < -0.39 is 22.9 Å². The van der Waals surface area contributed by atoms with Gasteiger partial charge in [-0.3, -0.25) is 13.9 Å². The number of hydrogen-bond donors (Lipinski definition) is 1. The second-order valence-electron chi connectivity index (χ2n) is 9.89. The molecule has 0 bridgehead atoms. The lowest BCUT2D eigenvalue weighted by molar-refractivity contribution is 0.0546. The summed E-state index contributed by atoms with van der Waals surface area (Å²) in [4.78, 5) is 48.8. The molecule has 3 rings (SSSR count). The molecule has 0 atom stereocenters. The van der Waals surface area contributed by atoms with Gasteiger partial charge in [0, 0.05) is 19.3 Å². The highest BCUT2D eigenvalue weighted by Gasteiger charge is 2.30. The minimum Gasteiger partial charge on any atom is -0.506 e. The highest BCUT2D eigenvalue weighted by molar-refractivity contribution is 5.90. The lowest BCUT2D eigenvalue weighted by Crippen LogP contribution is -2.42. The van der Waals surface area contributed by atoms with E-state index >= 15 is 0 Å². The van der Waals surface area contributed by atoms with Crippen LogP contribution in [0.25, 0.3) is 22.7 Å². The lowest BCUT2D eigenvalue weighted by Gasteiger charge is -2.20. The van der Waals surface area contributed by atoms with Crippen LogP contribution in [0.2, 0.25) is 0 Å². The average molecular weight is 458 g/mol.